The van der Waals surface area contributed by atoms with Crippen molar-refractivity contribution in [2.45, 2.75) is 19.4 Å². The van der Waals surface area contributed by atoms with Gasteiger partial charge in [-0.1, -0.05) is 18.2 Å². The molecule has 0 aliphatic heterocycles. The van der Waals surface area contributed by atoms with Crippen molar-refractivity contribution in [3.8, 4) is 0 Å². The Labute approximate surface area is 117 Å². The van der Waals surface area contributed by atoms with E-state index in [9.17, 15) is 9.90 Å². The number of hydrogen-bond donors (Lipinski definition) is 3. The first-order chi connectivity index (χ1) is 9.43. The summed E-state index contributed by atoms with van der Waals surface area (Å²) in [6.07, 6.45) is 0. The number of aromatic nitrogens is 1. The van der Waals surface area contributed by atoms with Crippen molar-refractivity contribution in [3.05, 3.63) is 41.6 Å². The van der Waals surface area contributed by atoms with E-state index in [1.165, 1.54) is 6.92 Å². The Morgan fingerprint density at radius 2 is 2.10 bits per heavy atom. The molecule has 0 saturated heterocycles. The van der Waals surface area contributed by atoms with E-state index in [1.54, 1.807) is 6.07 Å². The van der Waals surface area contributed by atoms with Crippen LogP contribution in [0.25, 0.3) is 10.9 Å². The van der Waals surface area contributed by atoms with Crippen LogP contribution in [0.5, 0.6) is 0 Å². The van der Waals surface area contributed by atoms with Gasteiger partial charge in [0.25, 0.3) is 5.91 Å². The molecule has 1 aromatic carbocycles. The first kappa shape index (κ1) is 14.4. The fourth-order valence-electron chi connectivity index (χ4n) is 1.92. The molecule has 0 fully saturated rings. The molecular formula is C15H18N2O3. The van der Waals surface area contributed by atoms with Crippen molar-refractivity contribution in [3.63, 3.8) is 0 Å². The van der Waals surface area contributed by atoms with Crippen LogP contribution in [0.1, 0.15) is 23.0 Å². The third kappa shape index (κ3) is 3.12. The molecule has 0 bridgehead atoms. The minimum atomic E-state index is -1.33. The van der Waals surface area contributed by atoms with Crippen LogP contribution in [0.15, 0.2) is 30.3 Å². The highest BCUT2D eigenvalue weighted by atomic mass is 16.3. The number of carbonyl (C=O) groups is 1. The van der Waals surface area contributed by atoms with Gasteiger partial charge in [0.2, 0.25) is 0 Å². The van der Waals surface area contributed by atoms with Gasteiger partial charge in [-0.05, 0) is 26.0 Å². The van der Waals surface area contributed by atoms with Gasteiger partial charge in [-0.25, -0.2) is 0 Å². The number of aliphatic hydroxyl groups is 2. The lowest BCUT2D eigenvalue weighted by Crippen LogP contribution is -2.43. The average Bonchev–Trinajstić information content (AvgIpc) is 2.44. The van der Waals surface area contributed by atoms with Gasteiger partial charge in [-0.3, -0.25) is 9.78 Å². The van der Waals surface area contributed by atoms with Crippen LogP contribution in [0.3, 0.4) is 0 Å². The summed E-state index contributed by atoms with van der Waals surface area (Å²) in [6, 6.07) is 9.11. The minimum absolute atomic E-state index is 0.0158. The lowest BCUT2D eigenvalue weighted by Gasteiger charge is -2.20. The van der Waals surface area contributed by atoms with Gasteiger partial charge < -0.3 is 15.5 Å². The molecule has 0 aliphatic carbocycles. The molecular weight excluding hydrogens is 256 g/mol. The zero-order valence-corrected chi connectivity index (χ0v) is 11.6. The zero-order valence-electron chi connectivity index (χ0n) is 11.6. The van der Waals surface area contributed by atoms with Gasteiger partial charge >= 0.3 is 0 Å². The summed E-state index contributed by atoms with van der Waals surface area (Å²) < 4.78 is 0. The maximum atomic E-state index is 12.2. The van der Waals surface area contributed by atoms with Crippen molar-refractivity contribution < 1.29 is 15.0 Å². The summed E-state index contributed by atoms with van der Waals surface area (Å²) in [5.74, 6) is -0.291. The molecule has 5 heteroatoms. The Balaban J connectivity index is 2.30. The van der Waals surface area contributed by atoms with Gasteiger partial charge in [-0.2, -0.15) is 0 Å². The summed E-state index contributed by atoms with van der Waals surface area (Å²) >= 11 is 0. The number of amides is 1. The molecule has 0 saturated carbocycles. The second-order valence-electron chi connectivity index (χ2n) is 5.17. The monoisotopic (exact) mass is 274 g/mol. The highest BCUT2D eigenvalue weighted by Crippen LogP contribution is 2.18. The number of carbonyl (C=O) groups excluding carboxylic acids is 1. The van der Waals surface area contributed by atoms with Gasteiger partial charge in [0.05, 0.1) is 17.7 Å². The van der Waals surface area contributed by atoms with Crippen LogP contribution < -0.4 is 5.32 Å². The average molecular weight is 274 g/mol. The number of hydrogen-bond acceptors (Lipinski definition) is 4. The number of fused-ring (bicyclic) bond motifs is 1. The number of aryl methyl sites for hydroxylation is 1. The topological polar surface area (TPSA) is 82.5 Å². The second kappa shape index (κ2) is 5.56. The minimum Gasteiger partial charge on any atom is -0.393 e. The highest BCUT2D eigenvalue weighted by molar-refractivity contribution is 6.06. The van der Waals surface area contributed by atoms with E-state index >= 15 is 0 Å². The maximum Gasteiger partial charge on any atom is 0.252 e. The van der Waals surface area contributed by atoms with Crippen molar-refractivity contribution in [2.24, 2.45) is 0 Å². The van der Waals surface area contributed by atoms with Crippen molar-refractivity contribution in [1.29, 1.82) is 0 Å². The normalized spacial score (nSPS) is 14.0. The Kier molecular flexibility index (Phi) is 4.01. The standard InChI is InChI=1S/C15H18N2O3/c1-10-7-12(11-5-3-4-6-13(11)17-10)14(19)16-8-15(2,20)9-18/h3-7,18,20H,8-9H2,1-2H3,(H,16,19). The highest BCUT2D eigenvalue weighted by Gasteiger charge is 2.21. The molecule has 2 rings (SSSR count). The van der Waals surface area contributed by atoms with E-state index in [-0.39, 0.29) is 12.5 Å². The summed E-state index contributed by atoms with van der Waals surface area (Å²) in [6.45, 7) is 2.86. The molecule has 1 unspecified atom stereocenters. The molecule has 0 spiro atoms. The fraction of sp³-hybridized carbons (Fsp3) is 0.333. The van der Waals surface area contributed by atoms with Gasteiger partial charge in [0, 0.05) is 17.6 Å². The number of aliphatic hydroxyl groups excluding tert-OH is 1. The van der Waals surface area contributed by atoms with E-state index in [0.717, 1.165) is 16.6 Å². The quantitative estimate of drug-likeness (QED) is 0.777. The van der Waals surface area contributed by atoms with Gasteiger partial charge in [0.15, 0.2) is 0 Å². The number of rotatable bonds is 4. The van der Waals surface area contributed by atoms with Gasteiger partial charge in [0.1, 0.15) is 5.60 Å². The molecule has 0 radical (unpaired) electrons. The third-order valence-electron chi connectivity index (χ3n) is 3.06. The number of nitrogens with zero attached hydrogens (tertiary/aromatic N) is 1. The lowest BCUT2D eigenvalue weighted by molar-refractivity contribution is 0.00321. The van der Waals surface area contributed by atoms with E-state index in [0.29, 0.717) is 5.56 Å². The largest absolute Gasteiger partial charge is 0.393 e. The smallest absolute Gasteiger partial charge is 0.252 e. The molecule has 1 heterocycles. The maximum absolute atomic E-state index is 12.2. The van der Waals surface area contributed by atoms with Crippen molar-refractivity contribution >= 4 is 16.8 Å². The molecule has 20 heavy (non-hydrogen) atoms. The Hall–Kier alpha value is -1.98. The summed E-state index contributed by atoms with van der Waals surface area (Å²) in [7, 11) is 0. The van der Waals surface area contributed by atoms with Crippen LogP contribution in [0.2, 0.25) is 0 Å². The van der Waals surface area contributed by atoms with Crippen LogP contribution in [0.4, 0.5) is 0 Å². The molecule has 0 aliphatic rings. The van der Waals surface area contributed by atoms with E-state index < -0.39 is 12.2 Å². The SMILES string of the molecule is Cc1cc(C(=O)NCC(C)(O)CO)c2ccccc2n1. The molecule has 5 nitrogen and oxygen atoms in total. The number of pyridine rings is 1. The Bertz CT molecular complexity index is 638. The van der Waals surface area contributed by atoms with E-state index in [1.807, 2.05) is 31.2 Å². The lowest BCUT2D eigenvalue weighted by atomic mass is 10.1. The van der Waals surface area contributed by atoms with Crippen LogP contribution in [0, 0.1) is 6.92 Å². The summed E-state index contributed by atoms with van der Waals surface area (Å²) in [5.41, 5.74) is 0.698. The number of nitrogens with one attached hydrogen (secondary N) is 1. The third-order valence-corrected chi connectivity index (χ3v) is 3.06. The molecule has 1 atom stereocenters. The van der Waals surface area contributed by atoms with Crippen molar-refractivity contribution in [2.75, 3.05) is 13.2 Å². The molecule has 1 amide bonds. The van der Waals surface area contributed by atoms with E-state index in [4.69, 9.17) is 5.11 Å². The number of para-hydroxylation sites is 1. The molecule has 106 valence electrons. The predicted octanol–water partition coefficient (Wildman–Crippen LogP) is 1.02. The Morgan fingerprint density at radius 1 is 1.40 bits per heavy atom. The van der Waals surface area contributed by atoms with Crippen LogP contribution >= 0.6 is 0 Å². The summed E-state index contributed by atoms with van der Waals surface area (Å²) in [5, 5.41) is 22.1. The number of benzene rings is 1. The first-order valence-electron chi connectivity index (χ1n) is 6.41. The molecule has 3 N–H and O–H groups in total. The molecule has 1 aromatic heterocycles. The predicted molar refractivity (Wildman–Crippen MR) is 76.5 cm³/mol. The molecule has 2 aromatic rings. The zero-order chi connectivity index (χ0) is 14.8. The van der Waals surface area contributed by atoms with E-state index in [2.05, 4.69) is 10.3 Å². The Morgan fingerprint density at radius 3 is 2.80 bits per heavy atom. The second-order valence-corrected chi connectivity index (χ2v) is 5.17. The summed E-state index contributed by atoms with van der Waals surface area (Å²) in [4.78, 5) is 16.6. The first-order valence-corrected chi connectivity index (χ1v) is 6.41. The van der Waals surface area contributed by atoms with Crippen LogP contribution in [-0.4, -0.2) is 39.9 Å². The van der Waals surface area contributed by atoms with Gasteiger partial charge in [-0.15, -0.1) is 0 Å². The van der Waals surface area contributed by atoms with Crippen molar-refractivity contribution in [1.82, 2.24) is 10.3 Å². The van der Waals surface area contributed by atoms with Crippen LogP contribution in [-0.2, 0) is 0 Å². The fourth-order valence-corrected chi connectivity index (χ4v) is 1.92.